The third kappa shape index (κ3) is 3.31. The zero-order valence-electron chi connectivity index (χ0n) is 9.49. The van der Waals surface area contributed by atoms with Crippen molar-refractivity contribution in [2.24, 2.45) is 0 Å². The Labute approximate surface area is 95.5 Å². The fraction of sp³-hybridized carbons (Fsp3) is 0.500. The van der Waals surface area contributed by atoms with Crippen molar-refractivity contribution in [2.45, 2.75) is 32.4 Å². The fourth-order valence-corrected chi connectivity index (χ4v) is 1.46. The molecule has 16 heavy (non-hydrogen) atoms. The number of aromatic nitrogens is 1. The third-order valence-electron chi connectivity index (χ3n) is 2.75. The molecule has 0 saturated heterocycles. The van der Waals surface area contributed by atoms with Crippen LogP contribution in [0.25, 0.3) is 0 Å². The maximum atomic E-state index is 11.5. The first kappa shape index (κ1) is 11.1. The minimum Gasteiger partial charge on any atom is -0.351 e. The molecule has 86 valence electrons. The van der Waals surface area contributed by atoms with E-state index in [1.807, 2.05) is 13.0 Å². The first-order valence-corrected chi connectivity index (χ1v) is 5.65. The lowest BCUT2D eigenvalue weighted by molar-refractivity contribution is -0.120. The second-order valence-corrected chi connectivity index (χ2v) is 4.23. The molecule has 0 radical (unpaired) electrons. The van der Waals surface area contributed by atoms with E-state index in [-0.39, 0.29) is 5.91 Å². The molecule has 2 rings (SSSR count). The van der Waals surface area contributed by atoms with E-state index in [1.54, 1.807) is 12.4 Å². The van der Waals surface area contributed by atoms with Gasteiger partial charge in [0, 0.05) is 25.0 Å². The van der Waals surface area contributed by atoms with E-state index < -0.39 is 0 Å². The zero-order valence-corrected chi connectivity index (χ0v) is 9.49. The van der Waals surface area contributed by atoms with Crippen molar-refractivity contribution >= 4 is 5.91 Å². The van der Waals surface area contributed by atoms with Crippen molar-refractivity contribution < 1.29 is 4.79 Å². The minimum atomic E-state index is 0.0511. The Bertz CT molecular complexity index is 374. The predicted molar refractivity (Wildman–Crippen MR) is 61.8 cm³/mol. The summed E-state index contributed by atoms with van der Waals surface area (Å²) in [6, 6.07) is 2.52. The molecule has 1 aliphatic rings. The summed E-state index contributed by atoms with van der Waals surface area (Å²) in [4.78, 5) is 15.5. The van der Waals surface area contributed by atoms with Gasteiger partial charge >= 0.3 is 0 Å². The van der Waals surface area contributed by atoms with Gasteiger partial charge in [0.15, 0.2) is 0 Å². The normalized spacial score (nSPS) is 14.8. The van der Waals surface area contributed by atoms with Gasteiger partial charge in [0.1, 0.15) is 0 Å². The fourth-order valence-electron chi connectivity index (χ4n) is 1.46. The van der Waals surface area contributed by atoms with Crippen molar-refractivity contribution in [3.05, 3.63) is 29.6 Å². The maximum Gasteiger partial charge on any atom is 0.234 e. The second kappa shape index (κ2) is 5.07. The van der Waals surface area contributed by atoms with E-state index in [2.05, 4.69) is 15.6 Å². The van der Waals surface area contributed by atoms with Crippen LogP contribution in [0.1, 0.15) is 24.0 Å². The smallest absolute Gasteiger partial charge is 0.234 e. The van der Waals surface area contributed by atoms with Gasteiger partial charge in [-0.2, -0.15) is 0 Å². The van der Waals surface area contributed by atoms with Crippen molar-refractivity contribution in [3.63, 3.8) is 0 Å². The summed E-state index contributed by atoms with van der Waals surface area (Å²) >= 11 is 0. The highest BCUT2D eigenvalue weighted by atomic mass is 16.1. The average molecular weight is 219 g/mol. The number of hydrogen-bond acceptors (Lipinski definition) is 3. The van der Waals surface area contributed by atoms with Crippen molar-refractivity contribution in [1.82, 2.24) is 15.6 Å². The van der Waals surface area contributed by atoms with Gasteiger partial charge in [-0.1, -0.05) is 0 Å². The Balaban J connectivity index is 1.73. The van der Waals surface area contributed by atoms with E-state index in [0.29, 0.717) is 19.1 Å². The minimum absolute atomic E-state index is 0.0511. The van der Waals surface area contributed by atoms with Gasteiger partial charge in [-0.15, -0.1) is 0 Å². The molecule has 1 fully saturated rings. The van der Waals surface area contributed by atoms with Gasteiger partial charge in [-0.3, -0.25) is 9.78 Å². The van der Waals surface area contributed by atoms with E-state index in [9.17, 15) is 4.79 Å². The highest BCUT2D eigenvalue weighted by Crippen LogP contribution is 2.17. The van der Waals surface area contributed by atoms with E-state index in [4.69, 9.17) is 0 Å². The van der Waals surface area contributed by atoms with Gasteiger partial charge in [-0.05, 0) is 37.0 Å². The second-order valence-electron chi connectivity index (χ2n) is 4.23. The number of pyridine rings is 1. The van der Waals surface area contributed by atoms with Crippen LogP contribution in [0.2, 0.25) is 0 Å². The number of carbonyl (C=O) groups is 1. The first-order chi connectivity index (χ1) is 7.75. The van der Waals surface area contributed by atoms with Crippen LogP contribution in [0.3, 0.4) is 0 Å². The lowest BCUT2D eigenvalue weighted by Crippen LogP contribution is -2.34. The topological polar surface area (TPSA) is 54.0 Å². The molecule has 1 saturated carbocycles. The highest BCUT2D eigenvalue weighted by Gasteiger charge is 2.20. The zero-order chi connectivity index (χ0) is 11.4. The molecule has 0 bridgehead atoms. The van der Waals surface area contributed by atoms with Crippen molar-refractivity contribution in [1.29, 1.82) is 0 Å². The maximum absolute atomic E-state index is 11.5. The molecule has 4 heteroatoms. The Kier molecular flexibility index (Phi) is 3.51. The summed E-state index contributed by atoms with van der Waals surface area (Å²) < 4.78 is 0. The van der Waals surface area contributed by atoms with E-state index in [1.165, 1.54) is 12.8 Å². The van der Waals surface area contributed by atoms with Crippen LogP contribution in [0.15, 0.2) is 18.5 Å². The summed E-state index contributed by atoms with van der Waals surface area (Å²) in [5, 5.41) is 6.06. The molecule has 4 nitrogen and oxygen atoms in total. The number of aryl methyl sites for hydroxylation is 1. The molecule has 2 N–H and O–H groups in total. The molecular weight excluding hydrogens is 202 g/mol. The number of rotatable bonds is 5. The Morgan fingerprint density at radius 2 is 2.38 bits per heavy atom. The summed E-state index contributed by atoms with van der Waals surface area (Å²) in [6.45, 7) is 3.00. The molecule has 0 aliphatic heterocycles. The highest BCUT2D eigenvalue weighted by molar-refractivity contribution is 5.78. The molecule has 1 aromatic heterocycles. The number of amides is 1. The quantitative estimate of drug-likeness (QED) is 0.768. The lowest BCUT2D eigenvalue weighted by Gasteiger charge is -2.07. The van der Waals surface area contributed by atoms with Crippen LogP contribution in [-0.2, 0) is 11.3 Å². The van der Waals surface area contributed by atoms with E-state index in [0.717, 1.165) is 11.1 Å². The third-order valence-corrected chi connectivity index (χ3v) is 2.75. The monoisotopic (exact) mass is 219 g/mol. The van der Waals surface area contributed by atoms with Crippen LogP contribution in [0.5, 0.6) is 0 Å². The predicted octanol–water partition coefficient (Wildman–Crippen LogP) is 0.758. The molecule has 1 amide bonds. The Morgan fingerprint density at radius 1 is 1.56 bits per heavy atom. The molecule has 1 heterocycles. The standard InChI is InChI=1S/C12H17N3O/c1-9-4-5-13-6-10(9)7-15-12(16)8-14-11-2-3-11/h4-6,11,14H,2-3,7-8H2,1H3,(H,15,16). The van der Waals surface area contributed by atoms with Crippen LogP contribution in [0.4, 0.5) is 0 Å². The van der Waals surface area contributed by atoms with Crippen LogP contribution in [-0.4, -0.2) is 23.5 Å². The van der Waals surface area contributed by atoms with Crippen molar-refractivity contribution in [3.8, 4) is 0 Å². The molecule has 0 unspecified atom stereocenters. The van der Waals surface area contributed by atoms with Crippen LogP contribution in [0, 0.1) is 6.92 Å². The summed E-state index contributed by atoms with van der Waals surface area (Å²) in [7, 11) is 0. The summed E-state index contributed by atoms with van der Waals surface area (Å²) in [6.07, 6.45) is 5.96. The molecule has 0 aromatic carbocycles. The summed E-state index contributed by atoms with van der Waals surface area (Å²) in [5.74, 6) is 0.0511. The first-order valence-electron chi connectivity index (χ1n) is 5.65. The van der Waals surface area contributed by atoms with Gasteiger partial charge in [-0.25, -0.2) is 0 Å². The van der Waals surface area contributed by atoms with Crippen LogP contribution < -0.4 is 10.6 Å². The number of nitrogens with one attached hydrogen (secondary N) is 2. The SMILES string of the molecule is Cc1ccncc1CNC(=O)CNC1CC1. The lowest BCUT2D eigenvalue weighted by atomic mass is 10.1. The van der Waals surface area contributed by atoms with Crippen molar-refractivity contribution in [2.75, 3.05) is 6.54 Å². The van der Waals surface area contributed by atoms with Gasteiger partial charge in [0.25, 0.3) is 0 Å². The van der Waals surface area contributed by atoms with Crippen LogP contribution >= 0.6 is 0 Å². The number of hydrogen-bond donors (Lipinski definition) is 2. The summed E-state index contributed by atoms with van der Waals surface area (Å²) in [5.41, 5.74) is 2.23. The Morgan fingerprint density at radius 3 is 3.06 bits per heavy atom. The van der Waals surface area contributed by atoms with E-state index >= 15 is 0 Å². The van der Waals surface area contributed by atoms with Gasteiger partial charge < -0.3 is 10.6 Å². The molecule has 0 spiro atoms. The average Bonchev–Trinajstić information content (AvgIpc) is 3.09. The Hall–Kier alpha value is -1.42. The number of carbonyl (C=O) groups excluding carboxylic acids is 1. The van der Waals surface area contributed by atoms with Gasteiger partial charge in [0.2, 0.25) is 5.91 Å². The largest absolute Gasteiger partial charge is 0.351 e. The number of nitrogens with zero attached hydrogens (tertiary/aromatic N) is 1. The molecular formula is C12H17N3O. The molecule has 1 aromatic rings. The molecule has 1 aliphatic carbocycles. The molecule has 0 atom stereocenters. The van der Waals surface area contributed by atoms with Gasteiger partial charge in [0.05, 0.1) is 6.54 Å².